The second-order valence-corrected chi connectivity index (χ2v) is 8.62. The van der Waals surface area contributed by atoms with E-state index in [9.17, 15) is 4.39 Å². The molecule has 2 aromatic heterocycles. The molecule has 1 aliphatic heterocycles. The lowest BCUT2D eigenvalue weighted by molar-refractivity contribution is 0.212. The van der Waals surface area contributed by atoms with Crippen molar-refractivity contribution in [2.75, 3.05) is 25.9 Å². The number of aromatic nitrogens is 3. The van der Waals surface area contributed by atoms with Crippen LogP contribution >= 0.6 is 23.2 Å². The van der Waals surface area contributed by atoms with E-state index in [0.29, 0.717) is 22.4 Å². The summed E-state index contributed by atoms with van der Waals surface area (Å²) in [5, 5.41) is 5.00. The predicted molar refractivity (Wildman–Crippen MR) is 121 cm³/mol. The highest BCUT2D eigenvalue weighted by molar-refractivity contribution is 6.36. The lowest BCUT2D eigenvalue weighted by Crippen LogP contribution is -2.31. The maximum atomic E-state index is 13.9. The van der Waals surface area contributed by atoms with Gasteiger partial charge in [0.1, 0.15) is 11.9 Å². The van der Waals surface area contributed by atoms with E-state index in [1.165, 1.54) is 12.1 Å². The molecule has 31 heavy (non-hydrogen) atoms. The third-order valence-electron chi connectivity index (χ3n) is 5.64. The first-order valence-electron chi connectivity index (χ1n) is 10.1. The van der Waals surface area contributed by atoms with Gasteiger partial charge in [-0.25, -0.2) is 9.37 Å². The number of ether oxygens (including phenoxy) is 1. The molecule has 9 heteroatoms. The molecule has 0 bridgehead atoms. The average Bonchev–Trinajstić information content (AvgIpc) is 3.23. The van der Waals surface area contributed by atoms with Gasteiger partial charge in [-0.15, -0.1) is 0 Å². The normalized spacial score (nSPS) is 16.4. The van der Waals surface area contributed by atoms with Gasteiger partial charge in [0, 0.05) is 28.5 Å². The van der Waals surface area contributed by atoms with Crippen LogP contribution in [0.5, 0.6) is 5.75 Å². The number of pyridine rings is 1. The van der Waals surface area contributed by atoms with E-state index in [2.05, 4.69) is 16.9 Å². The number of hydrogen-bond acceptors (Lipinski definition) is 5. The molecule has 0 spiro atoms. The van der Waals surface area contributed by atoms with E-state index in [4.69, 9.17) is 38.8 Å². The summed E-state index contributed by atoms with van der Waals surface area (Å²) < 4.78 is 21.9. The van der Waals surface area contributed by atoms with Gasteiger partial charge < -0.3 is 15.4 Å². The summed E-state index contributed by atoms with van der Waals surface area (Å²) in [6.07, 6.45) is 5.16. The summed E-state index contributed by atoms with van der Waals surface area (Å²) in [4.78, 5) is 6.58. The smallest absolute Gasteiger partial charge is 0.166 e. The van der Waals surface area contributed by atoms with E-state index in [1.54, 1.807) is 19.2 Å². The zero-order chi connectivity index (χ0) is 22.1. The number of nitrogen functional groups attached to an aromatic ring is 1. The summed E-state index contributed by atoms with van der Waals surface area (Å²) in [5.74, 6) is 0.0139. The Morgan fingerprint density at radius 1 is 1.23 bits per heavy atom. The number of hydrogen-bond donors (Lipinski definition) is 1. The Labute approximate surface area is 190 Å². The van der Waals surface area contributed by atoms with Crippen LogP contribution in [0.1, 0.15) is 37.5 Å². The van der Waals surface area contributed by atoms with Crippen molar-refractivity contribution >= 4 is 29.0 Å². The highest BCUT2D eigenvalue weighted by Gasteiger charge is 2.21. The zero-order valence-electron chi connectivity index (χ0n) is 17.4. The molecule has 1 aromatic carbocycles. The van der Waals surface area contributed by atoms with Gasteiger partial charge in [-0.05, 0) is 64.2 Å². The molecule has 1 atom stereocenters. The second kappa shape index (κ2) is 9.02. The van der Waals surface area contributed by atoms with Crippen LogP contribution in [0.3, 0.4) is 0 Å². The third kappa shape index (κ3) is 4.63. The predicted octanol–water partition coefficient (Wildman–Crippen LogP) is 5.38. The van der Waals surface area contributed by atoms with Gasteiger partial charge in [-0.1, -0.05) is 23.2 Å². The van der Waals surface area contributed by atoms with Gasteiger partial charge in [0.25, 0.3) is 0 Å². The van der Waals surface area contributed by atoms with Gasteiger partial charge in [-0.2, -0.15) is 5.10 Å². The summed E-state index contributed by atoms with van der Waals surface area (Å²) in [6.45, 7) is 3.85. The molecular formula is C22H24Cl2FN5O. The van der Waals surface area contributed by atoms with Crippen molar-refractivity contribution < 1.29 is 9.13 Å². The van der Waals surface area contributed by atoms with Crippen LogP contribution in [0.25, 0.3) is 11.3 Å². The SMILES string of the molecule is C[C@@H](Oc1cc(-c2ccn(C3CCN(C)CC3)n2)cnc1N)c1c(Cl)ccc(F)c1Cl. The van der Waals surface area contributed by atoms with Crippen LogP contribution < -0.4 is 10.5 Å². The first-order chi connectivity index (χ1) is 14.8. The fraction of sp³-hybridized carbons (Fsp3) is 0.364. The molecule has 6 nitrogen and oxygen atoms in total. The average molecular weight is 464 g/mol. The minimum Gasteiger partial charge on any atom is -0.482 e. The van der Waals surface area contributed by atoms with Crippen molar-refractivity contribution in [1.29, 1.82) is 0 Å². The van der Waals surface area contributed by atoms with Crippen LogP contribution in [-0.2, 0) is 0 Å². The van der Waals surface area contributed by atoms with E-state index < -0.39 is 11.9 Å². The summed E-state index contributed by atoms with van der Waals surface area (Å²) in [7, 11) is 2.14. The first-order valence-corrected chi connectivity index (χ1v) is 10.9. The molecule has 0 radical (unpaired) electrons. The topological polar surface area (TPSA) is 69.2 Å². The lowest BCUT2D eigenvalue weighted by atomic mass is 10.1. The molecule has 1 saturated heterocycles. The van der Waals surface area contributed by atoms with Crippen LogP contribution in [0.15, 0.2) is 36.7 Å². The van der Waals surface area contributed by atoms with Crippen molar-refractivity contribution in [3.05, 3.63) is 58.1 Å². The molecule has 0 unspecified atom stereocenters. The first kappa shape index (κ1) is 21.9. The van der Waals surface area contributed by atoms with Crippen LogP contribution in [0, 0.1) is 5.82 Å². The van der Waals surface area contributed by atoms with Crippen molar-refractivity contribution in [2.45, 2.75) is 31.9 Å². The van der Waals surface area contributed by atoms with E-state index >= 15 is 0 Å². The summed E-state index contributed by atoms with van der Waals surface area (Å²) in [6, 6.07) is 6.80. The van der Waals surface area contributed by atoms with Crippen LogP contribution in [0.4, 0.5) is 10.2 Å². The Hall–Kier alpha value is -2.35. The Morgan fingerprint density at radius 2 is 1.97 bits per heavy atom. The number of likely N-dealkylation sites (tertiary alicyclic amines) is 1. The molecule has 2 N–H and O–H groups in total. The second-order valence-electron chi connectivity index (χ2n) is 7.84. The third-order valence-corrected chi connectivity index (χ3v) is 6.35. The highest BCUT2D eigenvalue weighted by Crippen LogP contribution is 2.37. The van der Waals surface area contributed by atoms with Gasteiger partial charge in [0.05, 0.1) is 16.8 Å². The quantitative estimate of drug-likeness (QED) is 0.514. The number of nitrogens with two attached hydrogens (primary N) is 1. The Balaban J connectivity index is 1.56. The molecule has 164 valence electrons. The minimum absolute atomic E-state index is 0.0699. The summed E-state index contributed by atoms with van der Waals surface area (Å²) >= 11 is 12.3. The molecular weight excluding hydrogens is 440 g/mol. The van der Waals surface area contributed by atoms with Gasteiger partial charge >= 0.3 is 0 Å². The molecule has 0 saturated carbocycles. The maximum absolute atomic E-state index is 13.9. The Bertz CT molecular complexity index is 1080. The van der Waals surface area contributed by atoms with E-state index in [-0.39, 0.29) is 10.8 Å². The Morgan fingerprint density at radius 3 is 2.71 bits per heavy atom. The zero-order valence-corrected chi connectivity index (χ0v) is 18.9. The number of nitrogens with zero attached hydrogens (tertiary/aromatic N) is 4. The van der Waals surface area contributed by atoms with Gasteiger partial charge in [-0.3, -0.25) is 4.68 Å². The van der Waals surface area contributed by atoms with E-state index in [1.807, 2.05) is 16.9 Å². The van der Waals surface area contributed by atoms with Crippen molar-refractivity contribution in [2.24, 2.45) is 0 Å². The molecule has 0 amide bonds. The standard InChI is InChI=1S/C22H24Cl2FN5O/c1-13(20-16(23)3-4-17(25)21(20)24)31-19-11-14(12-27-22(19)26)18-7-10-30(28-18)15-5-8-29(2)9-6-15/h3-4,7,10-13,15H,5-6,8-9H2,1-2H3,(H2,26,27)/t13-/m1/s1. The molecule has 0 aliphatic carbocycles. The minimum atomic E-state index is -0.633. The van der Waals surface area contributed by atoms with Crippen LogP contribution in [-0.4, -0.2) is 39.8 Å². The maximum Gasteiger partial charge on any atom is 0.166 e. The lowest BCUT2D eigenvalue weighted by Gasteiger charge is -2.29. The van der Waals surface area contributed by atoms with Crippen molar-refractivity contribution in [1.82, 2.24) is 19.7 Å². The van der Waals surface area contributed by atoms with Gasteiger partial charge in [0.2, 0.25) is 0 Å². The number of rotatable bonds is 5. The molecule has 3 heterocycles. The fourth-order valence-electron chi connectivity index (χ4n) is 3.81. The highest BCUT2D eigenvalue weighted by atomic mass is 35.5. The monoisotopic (exact) mass is 463 g/mol. The number of halogens is 3. The van der Waals surface area contributed by atoms with Gasteiger partial charge in [0.15, 0.2) is 11.6 Å². The number of anilines is 1. The Kier molecular flexibility index (Phi) is 6.36. The van der Waals surface area contributed by atoms with Crippen LogP contribution in [0.2, 0.25) is 10.0 Å². The molecule has 3 aromatic rings. The number of piperidine rings is 1. The van der Waals surface area contributed by atoms with E-state index in [0.717, 1.165) is 37.2 Å². The summed E-state index contributed by atoms with van der Waals surface area (Å²) in [5.41, 5.74) is 7.95. The fourth-order valence-corrected chi connectivity index (χ4v) is 4.49. The van der Waals surface area contributed by atoms with Crippen molar-refractivity contribution in [3.63, 3.8) is 0 Å². The molecule has 1 aliphatic rings. The number of benzene rings is 1. The largest absolute Gasteiger partial charge is 0.482 e. The molecule has 4 rings (SSSR count). The molecule has 1 fully saturated rings. The van der Waals surface area contributed by atoms with Crippen molar-refractivity contribution in [3.8, 4) is 17.0 Å².